The Kier molecular flexibility index (Phi) is 5.49. The normalized spacial score (nSPS) is 16.3. The van der Waals surface area contributed by atoms with E-state index in [0.29, 0.717) is 24.3 Å². The fraction of sp³-hybridized carbons (Fsp3) is 0.250. The minimum absolute atomic E-state index is 0.0665. The molecular weight excluding hydrogens is 349 g/mol. The van der Waals surface area contributed by atoms with E-state index in [4.69, 9.17) is 0 Å². The highest BCUT2D eigenvalue weighted by Crippen LogP contribution is 2.16. The lowest BCUT2D eigenvalue weighted by Crippen LogP contribution is -2.39. The van der Waals surface area contributed by atoms with Gasteiger partial charge in [0.15, 0.2) is 5.78 Å². The van der Waals surface area contributed by atoms with E-state index >= 15 is 0 Å². The van der Waals surface area contributed by atoms with Crippen LogP contribution in [-0.2, 0) is 11.3 Å². The summed E-state index contributed by atoms with van der Waals surface area (Å²) in [4.78, 5) is 37.4. The highest BCUT2D eigenvalue weighted by atomic mass is 19.1. The van der Waals surface area contributed by atoms with Gasteiger partial charge in [-0.1, -0.05) is 24.3 Å². The zero-order valence-electron chi connectivity index (χ0n) is 14.9. The van der Waals surface area contributed by atoms with Crippen molar-refractivity contribution in [2.24, 2.45) is 0 Å². The molecule has 0 bridgehead atoms. The Morgan fingerprint density at radius 1 is 1.19 bits per heavy atom. The van der Waals surface area contributed by atoms with Crippen LogP contribution in [0.15, 0.2) is 48.5 Å². The Morgan fingerprint density at radius 3 is 2.63 bits per heavy atom. The van der Waals surface area contributed by atoms with E-state index in [1.165, 1.54) is 19.1 Å². The summed E-state index contributed by atoms with van der Waals surface area (Å²) < 4.78 is 13.0. The van der Waals surface area contributed by atoms with E-state index in [-0.39, 0.29) is 30.0 Å². The van der Waals surface area contributed by atoms with Gasteiger partial charge in [-0.05, 0) is 36.8 Å². The predicted molar refractivity (Wildman–Crippen MR) is 98.8 cm³/mol. The third-order valence-corrected chi connectivity index (χ3v) is 4.36. The highest BCUT2D eigenvalue weighted by molar-refractivity contribution is 5.97. The number of hydrogen-bond acceptors (Lipinski definition) is 3. The van der Waals surface area contributed by atoms with Crippen molar-refractivity contribution in [1.82, 2.24) is 10.2 Å². The number of benzene rings is 2. The Hall–Kier alpha value is -3.22. The number of nitrogens with one attached hydrogen (secondary N) is 2. The average molecular weight is 369 g/mol. The molecular formula is C20H20FN3O3. The lowest BCUT2D eigenvalue weighted by atomic mass is 10.1. The predicted octanol–water partition coefficient (Wildman–Crippen LogP) is 2.95. The Labute approximate surface area is 156 Å². The van der Waals surface area contributed by atoms with E-state index in [1.807, 2.05) is 0 Å². The summed E-state index contributed by atoms with van der Waals surface area (Å²) in [6, 6.07) is 11.9. The fourth-order valence-electron chi connectivity index (χ4n) is 3.00. The van der Waals surface area contributed by atoms with Crippen LogP contribution in [0, 0.1) is 5.82 Å². The molecule has 0 saturated carbocycles. The number of carbonyl (C=O) groups is 3. The van der Waals surface area contributed by atoms with Crippen LogP contribution in [0.5, 0.6) is 0 Å². The summed E-state index contributed by atoms with van der Waals surface area (Å²) in [6.07, 6.45) is 0.210. The van der Waals surface area contributed by atoms with Crippen molar-refractivity contribution in [3.63, 3.8) is 0 Å². The molecule has 140 valence electrons. The van der Waals surface area contributed by atoms with Crippen LogP contribution < -0.4 is 10.6 Å². The van der Waals surface area contributed by atoms with Crippen LogP contribution in [-0.4, -0.2) is 35.2 Å². The third-order valence-electron chi connectivity index (χ3n) is 4.36. The van der Waals surface area contributed by atoms with Gasteiger partial charge < -0.3 is 15.5 Å². The van der Waals surface area contributed by atoms with Crippen molar-refractivity contribution in [3.8, 4) is 0 Å². The molecule has 0 radical (unpaired) electrons. The van der Waals surface area contributed by atoms with E-state index in [1.54, 1.807) is 41.3 Å². The van der Waals surface area contributed by atoms with Crippen molar-refractivity contribution in [3.05, 3.63) is 65.5 Å². The van der Waals surface area contributed by atoms with Gasteiger partial charge in [-0.3, -0.25) is 9.59 Å². The van der Waals surface area contributed by atoms with Crippen molar-refractivity contribution in [1.29, 1.82) is 0 Å². The SMILES string of the molecule is CC(=O)c1cccc(NC(=O)N[C@@H]2CC(=O)N(Cc3ccc(F)cc3)C2)c1. The number of urea groups is 1. The molecule has 2 N–H and O–H groups in total. The van der Waals surface area contributed by atoms with Gasteiger partial charge in [-0.25, -0.2) is 9.18 Å². The molecule has 0 unspecified atom stereocenters. The van der Waals surface area contributed by atoms with Gasteiger partial charge in [0.05, 0.1) is 6.04 Å². The first-order valence-electron chi connectivity index (χ1n) is 8.61. The van der Waals surface area contributed by atoms with Crippen LogP contribution >= 0.6 is 0 Å². The van der Waals surface area contributed by atoms with Gasteiger partial charge in [-0.2, -0.15) is 0 Å². The maximum absolute atomic E-state index is 13.0. The van der Waals surface area contributed by atoms with Crippen molar-refractivity contribution >= 4 is 23.4 Å². The van der Waals surface area contributed by atoms with Crippen molar-refractivity contribution < 1.29 is 18.8 Å². The number of rotatable bonds is 5. The topological polar surface area (TPSA) is 78.5 Å². The van der Waals surface area contributed by atoms with Crippen LogP contribution in [0.25, 0.3) is 0 Å². The molecule has 3 amide bonds. The smallest absolute Gasteiger partial charge is 0.319 e. The molecule has 1 saturated heterocycles. The Morgan fingerprint density at radius 2 is 1.93 bits per heavy atom. The number of halogens is 1. The summed E-state index contributed by atoms with van der Waals surface area (Å²) in [6.45, 7) is 2.22. The number of hydrogen-bond donors (Lipinski definition) is 2. The molecule has 2 aromatic carbocycles. The molecule has 1 aliphatic rings. The number of amides is 3. The number of nitrogens with zero attached hydrogens (tertiary/aromatic N) is 1. The molecule has 0 spiro atoms. The second-order valence-electron chi connectivity index (χ2n) is 6.54. The van der Waals surface area contributed by atoms with Crippen LogP contribution in [0.2, 0.25) is 0 Å². The van der Waals surface area contributed by atoms with Gasteiger partial charge in [0.2, 0.25) is 5.91 Å². The molecule has 1 aliphatic heterocycles. The minimum Gasteiger partial charge on any atom is -0.336 e. The standard InChI is InChI=1S/C20H20FN3O3/c1-13(25)15-3-2-4-17(9-15)22-20(27)23-18-10-19(26)24(12-18)11-14-5-7-16(21)8-6-14/h2-9,18H,10-12H2,1H3,(H2,22,23,27)/t18-/m1/s1. The largest absolute Gasteiger partial charge is 0.336 e. The van der Waals surface area contributed by atoms with Gasteiger partial charge in [-0.15, -0.1) is 0 Å². The second kappa shape index (κ2) is 7.99. The Balaban J connectivity index is 1.54. The van der Waals surface area contributed by atoms with E-state index in [0.717, 1.165) is 5.56 Å². The number of carbonyl (C=O) groups excluding carboxylic acids is 3. The number of anilines is 1. The monoisotopic (exact) mass is 369 g/mol. The third kappa shape index (κ3) is 4.91. The second-order valence-corrected chi connectivity index (χ2v) is 6.54. The summed E-state index contributed by atoms with van der Waals surface area (Å²) in [5.41, 5.74) is 1.85. The lowest BCUT2D eigenvalue weighted by Gasteiger charge is -2.17. The highest BCUT2D eigenvalue weighted by Gasteiger charge is 2.30. The lowest BCUT2D eigenvalue weighted by molar-refractivity contribution is -0.128. The van der Waals surface area contributed by atoms with Gasteiger partial charge in [0.25, 0.3) is 0 Å². The first kappa shape index (κ1) is 18.6. The molecule has 0 aliphatic carbocycles. The first-order chi connectivity index (χ1) is 12.9. The molecule has 2 aromatic rings. The molecule has 1 fully saturated rings. The van der Waals surface area contributed by atoms with Crippen molar-refractivity contribution in [2.45, 2.75) is 25.9 Å². The average Bonchev–Trinajstić information content (AvgIpc) is 2.96. The number of likely N-dealkylation sites (tertiary alicyclic amines) is 1. The zero-order chi connectivity index (χ0) is 19.4. The molecule has 1 heterocycles. The van der Waals surface area contributed by atoms with Crippen LogP contribution in [0.1, 0.15) is 29.3 Å². The van der Waals surface area contributed by atoms with E-state index in [9.17, 15) is 18.8 Å². The molecule has 0 aromatic heterocycles. The summed E-state index contributed by atoms with van der Waals surface area (Å²) in [5, 5.41) is 5.45. The van der Waals surface area contributed by atoms with Crippen LogP contribution in [0.3, 0.4) is 0 Å². The summed E-state index contributed by atoms with van der Waals surface area (Å²) in [5.74, 6) is -0.475. The molecule has 6 nitrogen and oxygen atoms in total. The summed E-state index contributed by atoms with van der Waals surface area (Å²) in [7, 11) is 0. The zero-order valence-corrected chi connectivity index (χ0v) is 14.9. The fourth-order valence-corrected chi connectivity index (χ4v) is 3.00. The number of Topliss-reactive ketones (excluding diaryl/α,β-unsaturated/α-hetero) is 1. The molecule has 7 heteroatoms. The van der Waals surface area contributed by atoms with Gasteiger partial charge in [0.1, 0.15) is 5.82 Å². The first-order valence-corrected chi connectivity index (χ1v) is 8.61. The quantitative estimate of drug-likeness (QED) is 0.796. The van der Waals surface area contributed by atoms with E-state index in [2.05, 4.69) is 10.6 Å². The number of ketones is 1. The van der Waals surface area contributed by atoms with Gasteiger partial charge in [0, 0.05) is 30.8 Å². The Bertz CT molecular complexity index is 867. The maximum Gasteiger partial charge on any atom is 0.319 e. The minimum atomic E-state index is -0.433. The summed E-state index contributed by atoms with van der Waals surface area (Å²) >= 11 is 0. The van der Waals surface area contributed by atoms with Gasteiger partial charge >= 0.3 is 6.03 Å². The molecule has 27 heavy (non-hydrogen) atoms. The maximum atomic E-state index is 13.0. The molecule has 3 rings (SSSR count). The molecule has 1 atom stereocenters. The van der Waals surface area contributed by atoms with Crippen LogP contribution in [0.4, 0.5) is 14.9 Å². The van der Waals surface area contributed by atoms with Crippen molar-refractivity contribution in [2.75, 3.05) is 11.9 Å². The van der Waals surface area contributed by atoms with E-state index < -0.39 is 6.03 Å².